The molecule has 0 N–H and O–H groups in total. The van der Waals surface area contributed by atoms with Gasteiger partial charge < -0.3 is 4.42 Å². The van der Waals surface area contributed by atoms with E-state index in [4.69, 9.17) is 4.42 Å². The van der Waals surface area contributed by atoms with Crippen molar-refractivity contribution in [2.45, 2.75) is 18.0 Å². The van der Waals surface area contributed by atoms with Crippen LogP contribution in [-0.2, 0) is 0 Å². The fourth-order valence-corrected chi connectivity index (χ4v) is 5.14. The summed E-state index contributed by atoms with van der Waals surface area (Å²) in [5.74, 6) is 0.990. The molecule has 2 heterocycles. The highest BCUT2D eigenvalue weighted by Crippen LogP contribution is 2.47. The normalized spacial score (nSPS) is 29.3. The Hall–Kier alpha value is -2.58. The first-order valence-electron chi connectivity index (χ1n) is 9.01. The lowest BCUT2D eigenvalue weighted by Crippen LogP contribution is -2.37. The second kappa shape index (κ2) is 4.74. The van der Waals surface area contributed by atoms with Crippen LogP contribution in [0.1, 0.15) is 17.0 Å². The van der Waals surface area contributed by atoms with Crippen molar-refractivity contribution in [3.05, 3.63) is 76.4 Å². The van der Waals surface area contributed by atoms with Gasteiger partial charge in [-0.25, -0.2) is 0 Å². The SMILES string of the molecule is CN1C2C=c3oc4ccccc4c3=CC2C2c3ccccc3C=CC21. The molecule has 1 aromatic heterocycles. The molecule has 122 valence electrons. The molecule has 2 nitrogen and oxygen atoms in total. The Labute approximate surface area is 146 Å². The van der Waals surface area contributed by atoms with Gasteiger partial charge in [0.15, 0.2) is 0 Å². The molecule has 0 spiro atoms. The average Bonchev–Trinajstić information content (AvgIpc) is 3.16. The molecule has 3 aliphatic rings. The number of para-hydroxylation sites is 1. The number of likely N-dealkylation sites (tertiary alicyclic amines) is 1. The molecule has 1 saturated heterocycles. The molecule has 1 fully saturated rings. The third kappa shape index (κ3) is 1.73. The molecule has 0 saturated carbocycles. The molecule has 6 rings (SSSR count). The van der Waals surface area contributed by atoms with Gasteiger partial charge in [-0.2, -0.15) is 0 Å². The zero-order chi connectivity index (χ0) is 16.5. The molecular formula is C23H19NO. The van der Waals surface area contributed by atoms with Crippen LogP contribution in [0.4, 0.5) is 0 Å². The summed E-state index contributed by atoms with van der Waals surface area (Å²) >= 11 is 0. The summed E-state index contributed by atoms with van der Waals surface area (Å²) in [6.07, 6.45) is 9.49. The predicted octanol–water partition coefficient (Wildman–Crippen LogP) is 3.12. The topological polar surface area (TPSA) is 16.4 Å². The van der Waals surface area contributed by atoms with Crippen LogP contribution in [0.25, 0.3) is 29.2 Å². The first-order chi connectivity index (χ1) is 12.3. The third-order valence-corrected chi connectivity index (χ3v) is 6.29. The zero-order valence-electron chi connectivity index (χ0n) is 14.1. The standard InChI is InChI=1S/C23H19NO/c1-24-19-11-10-14-6-2-3-7-15(14)23(19)18-12-17-16-8-4-5-9-21(16)25-22(17)13-20(18)24/h2-13,18-20,23H,1H3. The molecule has 0 amide bonds. The molecule has 2 aromatic carbocycles. The zero-order valence-corrected chi connectivity index (χ0v) is 14.1. The molecule has 1 aliphatic heterocycles. The average molecular weight is 325 g/mol. The molecule has 2 heteroatoms. The number of hydrogen-bond acceptors (Lipinski definition) is 2. The van der Waals surface area contributed by atoms with Crippen LogP contribution in [-0.4, -0.2) is 24.0 Å². The van der Waals surface area contributed by atoms with Crippen LogP contribution in [0.2, 0.25) is 0 Å². The van der Waals surface area contributed by atoms with Gasteiger partial charge in [0.25, 0.3) is 0 Å². The fraction of sp³-hybridized carbons (Fsp3) is 0.217. The molecule has 2 aliphatic carbocycles. The van der Waals surface area contributed by atoms with Gasteiger partial charge in [0, 0.05) is 34.5 Å². The summed E-state index contributed by atoms with van der Waals surface area (Å²) in [6, 6.07) is 18.1. The maximum absolute atomic E-state index is 6.14. The van der Waals surface area contributed by atoms with Crippen molar-refractivity contribution in [3.8, 4) is 0 Å². The summed E-state index contributed by atoms with van der Waals surface area (Å²) in [5, 5.41) is 2.51. The van der Waals surface area contributed by atoms with E-state index < -0.39 is 0 Å². The molecule has 4 atom stereocenters. The smallest absolute Gasteiger partial charge is 0.135 e. The number of rotatable bonds is 0. The number of fused-ring (bicyclic) bond motifs is 8. The van der Waals surface area contributed by atoms with Crippen molar-refractivity contribution in [2.24, 2.45) is 5.92 Å². The minimum atomic E-state index is 0.388. The summed E-state index contributed by atoms with van der Waals surface area (Å²) in [4.78, 5) is 2.51. The van der Waals surface area contributed by atoms with Crippen molar-refractivity contribution in [2.75, 3.05) is 7.05 Å². The first kappa shape index (κ1) is 13.7. The second-order valence-corrected chi connectivity index (χ2v) is 7.45. The van der Waals surface area contributed by atoms with Crippen LogP contribution in [0.15, 0.2) is 59.0 Å². The van der Waals surface area contributed by atoms with E-state index in [1.807, 2.05) is 6.07 Å². The van der Waals surface area contributed by atoms with Crippen molar-refractivity contribution < 1.29 is 4.42 Å². The van der Waals surface area contributed by atoms with Crippen molar-refractivity contribution in [1.29, 1.82) is 0 Å². The summed E-state index contributed by atoms with van der Waals surface area (Å²) < 4.78 is 6.14. The maximum Gasteiger partial charge on any atom is 0.135 e. The van der Waals surface area contributed by atoms with E-state index in [0.717, 1.165) is 11.0 Å². The van der Waals surface area contributed by atoms with Crippen LogP contribution in [0.3, 0.4) is 0 Å². The minimum absolute atomic E-state index is 0.388. The lowest BCUT2D eigenvalue weighted by molar-refractivity contribution is 0.305. The highest BCUT2D eigenvalue weighted by molar-refractivity contribution is 5.80. The summed E-state index contributed by atoms with van der Waals surface area (Å²) in [5.41, 5.74) is 4.87. The molecular weight excluding hydrogens is 306 g/mol. The summed E-state index contributed by atoms with van der Waals surface area (Å²) in [6.45, 7) is 0. The first-order valence-corrected chi connectivity index (χ1v) is 9.01. The van der Waals surface area contributed by atoms with E-state index in [-0.39, 0.29) is 0 Å². The van der Waals surface area contributed by atoms with E-state index >= 15 is 0 Å². The van der Waals surface area contributed by atoms with Gasteiger partial charge in [-0.05, 0) is 30.3 Å². The monoisotopic (exact) mass is 325 g/mol. The van der Waals surface area contributed by atoms with Crippen LogP contribution >= 0.6 is 0 Å². The van der Waals surface area contributed by atoms with Gasteiger partial charge in [-0.1, -0.05) is 60.7 Å². The van der Waals surface area contributed by atoms with Gasteiger partial charge >= 0.3 is 0 Å². The highest BCUT2D eigenvalue weighted by Gasteiger charge is 2.47. The van der Waals surface area contributed by atoms with Gasteiger partial charge in [-0.15, -0.1) is 0 Å². The Morgan fingerprint density at radius 3 is 2.72 bits per heavy atom. The number of furan rings is 1. The fourth-order valence-electron chi connectivity index (χ4n) is 5.14. The van der Waals surface area contributed by atoms with E-state index in [0.29, 0.717) is 23.9 Å². The Kier molecular flexibility index (Phi) is 2.59. The van der Waals surface area contributed by atoms with Crippen molar-refractivity contribution in [1.82, 2.24) is 4.90 Å². The summed E-state index contributed by atoms with van der Waals surface area (Å²) in [7, 11) is 2.25. The third-order valence-electron chi connectivity index (χ3n) is 6.29. The van der Waals surface area contributed by atoms with Crippen LogP contribution in [0.5, 0.6) is 0 Å². The van der Waals surface area contributed by atoms with E-state index in [9.17, 15) is 0 Å². The molecule has 3 aromatic rings. The number of likely N-dealkylation sites (N-methyl/N-ethyl adjacent to an activating group) is 1. The Balaban J connectivity index is 1.62. The second-order valence-electron chi connectivity index (χ2n) is 7.45. The van der Waals surface area contributed by atoms with Gasteiger partial charge in [-0.3, -0.25) is 4.90 Å². The quantitative estimate of drug-likeness (QED) is 0.631. The number of benzene rings is 2. The van der Waals surface area contributed by atoms with Gasteiger partial charge in [0.05, 0.1) is 0 Å². The lowest BCUT2D eigenvalue weighted by atomic mass is 9.76. The van der Waals surface area contributed by atoms with E-state index in [1.54, 1.807) is 0 Å². The molecule has 25 heavy (non-hydrogen) atoms. The van der Waals surface area contributed by atoms with Crippen molar-refractivity contribution >= 4 is 29.2 Å². The van der Waals surface area contributed by atoms with Crippen molar-refractivity contribution in [3.63, 3.8) is 0 Å². The maximum atomic E-state index is 6.14. The minimum Gasteiger partial charge on any atom is -0.456 e. The number of nitrogens with zero attached hydrogens (tertiary/aromatic N) is 1. The Bertz CT molecular complexity index is 1150. The Morgan fingerprint density at radius 1 is 0.920 bits per heavy atom. The van der Waals surface area contributed by atoms with Crippen LogP contribution < -0.4 is 10.6 Å². The molecule has 4 unspecified atom stereocenters. The largest absolute Gasteiger partial charge is 0.456 e. The van der Waals surface area contributed by atoms with E-state index in [1.165, 1.54) is 21.7 Å². The van der Waals surface area contributed by atoms with Crippen LogP contribution in [0, 0.1) is 5.92 Å². The van der Waals surface area contributed by atoms with Gasteiger partial charge in [0.2, 0.25) is 0 Å². The van der Waals surface area contributed by atoms with E-state index in [2.05, 4.69) is 78.7 Å². The number of hydrogen-bond donors (Lipinski definition) is 0. The predicted molar refractivity (Wildman–Crippen MR) is 101 cm³/mol. The molecule has 0 radical (unpaired) electrons. The highest BCUT2D eigenvalue weighted by atomic mass is 16.3. The van der Waals surface area contributed by atoms with Gasteiger partial charge in [0.1, 0.15) is 11.0 Å². The lowest BCUT2D eigenvalue weighted by Gasteiger charge is -2.28. The molecule has 0 bridgehead atoms. The Morgan fingerprint density at radius 2 is 1.76 bits per heavy atom.